The smallest absolute Gasteiger partial charge is 0.274 e. The first-order chi connectivity index (χ1) is 9.22. The number of anilines is 1. The summed E-state index contributed by atoms with van der Waals surface area (Å²) in [5.41, 5.74) is 7.02. The van der Waals surface area contributed by atoms with Gasteiger partial charge in [-0.3, -0.25) is 9.48 Å². The topological polar surface area (TPSA) is 64.2 Å². The van der Waals surface area contributed by atoms with Gasteiger partial charge in [0.05, 0.1) is 11.9 Å². The van der Waals surface area contributed by atoms with Crippen LogP contribution < -0.4 is 5.73 Å². The van der Waals surface area contributed by atoms with E-state index in [1.807, 2.05) is 6.92 Å². The minimum atomic E-state index is 0.0773. The van der Waals surface area contributed by atoms with Crippen LogP contribution in [0.5, 0.6) is 0 Å². The SMILES string of the molecule is CCn1ncc(N)c1C(=O)N1CCCC2CCCC21. The van der Waals surface area contributed by atoms with Crippen LogP contribution in [0.4, 0.5) is 5.69 Å². The third kappa shape index (κ3) is 2.01. The first kappa shape index (κ1) is 12.5. The minimum absolute atomic E-state index is 0.0773. The third-order valence-corrected chi connectivity index (χ3v) is 4.62. The number of aryl methyl sites for hydroxylation is 1. The summed E-state index contributed by atoms with van der Waals surface area (Å²) in [6.07, 6.45) is 7.66. The zero-order valence-electron chi connectivity index (χ0n) is 11.5. The maximum absolute atomic E-state index is 12.8. The van der Waals surface area contributed by atoms with E-state index in [0.717, 1.165) is 19.4 Å². The lowest BCUT2D eigenvalue weighted by Crippen LogP contribution is -2.46. The van der Waals surface area contributed by atoms with Gasteiger partial charge in [0.1, 0.15) is 5.69 Å². The van der Waals surface area contributed by atoms with E-state index in [0.29, 0.717) is 29.9 Å². The molecule has 2 heterocycles. The first-order valence-electron chi connectivity index (χ1n) is 7.34. The third-order valence-electron chi connectivity index (χ3n) is 4.62. The number of nitrogen functional groups attached to an aromatic ring is 1. The predicted octanol–water partition coefficient (Wildman–Crippen LogP) is 1.89. The highest BCUT2D eigenvalue weighted by atomic mass is 16.2. The first-order valence-corrected chi connectivity index (χ1v) is 7.34. The van der Waals surface area contributed by atoms with Crippen molar-refractivity contribution in [2.45, 2.75) is 51.6 Å². The number of nitrogens with two attached hydrogens (primary N) is 1. The van der Waals surface area contributed by atoms with Crippen molar-refractivity contribution >= 4 is 11.6 Å². The number of piperidine rings is 1. The predicted molar refractivity (Wildman–Crippen MR) is 73.7 cm³/mol. The molecule has 1 aliphatic carbocycles. The summed E-state index contributed by atoms with van der Waals surface area (Å²) in [5, 5.41) is 4.18. The van der Waals surface area contributed by atoms with Gasteiger partial charge in [0, 0.05) is 19.1 Å². The molecular weight excluding hydrogens is 240 g/mol. The van der Waals surface area contributed by atoms with Gasteiger partial charge in [-0.25, -0.2) is 0 Å². The Morgan fingerprint density at radius 2 is 2.21 bits per heavy atom. The maximum atomic E-state index is 12.8. The van der Waals surface area contributed by atoms with Gasteiger partial charge in [0.25, 0.3) is 5.91 Å². The number of carbonyl (C=O) groups excluding carboxylic acids is 1. The van der Waals surface area contributed by atoms with Crippen LogP contribution >= 0.6 is 0 Å². The van der Waals surface area contributed by atoms with Crippen LogP contribution in [0, 0.1) is 5.92 Å². The Labute approximate surface area is 113 Å². The fourth-order valence-corrected chi connectivity index (χ4v) is 3.72. The van der Waals surface area contributed by atoms with E-state index in [9.17, 15) is 4.79 Å². The van der Waals surface area contributed by atoms with E-state index in [1.165, 1.54) is 19.3 Å². The molecule has 2 N–H and O–H groups in total. The Hall–Kier alpha value is -1.52. The average molecular weight is 262 g/mol. The summed E-state index contributed by atoms with van der Waals surface area (Å²) in [4.78, 5) is 14.8. The zero-order valence-corrected chi connectivity index (χ0v) is 11.5. The normalized spacial score (nSPS) is 26.5. The standard InChI is InChI=1S/C14H22N4O/c1-2-18-13(11(15)9-16-18)14(19)17-8-4-6-10-5-3-7-12(10)17/h9-10,12H,2-8,15H2,1H3. The lowest BCUT2D eigenvalue weighted by Gasteiger charge is -2.37. The molecule has 0 aromatic carbocycles. The van der Waals surface area contributed by atoms with Gasteiger partial charge in [-0.1, -0.05) is 6.42 Å². The average Bonchev–Trinajstić information content (AvgIpc) is 3.03. The monoisotopic (exact) mass is 262 g/mol. The molecule has 3 rings (SSSR count). The Morgan fingerprint density at radius 3 is 3.00 bits per heavy atom. The second-order valence-corrected chi connectivity index (χ2v) is 5.66. The van der Waals surface area contributed by atoms with E-state index in [1.54, 1.807) is 10.9 Å². The number of carbonyl (C=O) groups is 1. The van der Waals surface area contributed by atoms with E-state index in [-0.39, 0.29) is 5.91 Å². The maximum Gasteiger partial charge on any atom is 0.274 e. The van der Waals surface area contributed by atoms with Crippen molar-refractivity contribution in [3.63, 3.8) is 0 Å². The van der Waals surface area contributed by atoms with E-state index in [2.05, 4.69) is 10.00 Å². The molecule has 104 valence electrons. The summed E-state index contributed by atoms with van der Waals surface area (Å²) >= 11 is 0. The number of fused-ring (bicyclic) bond motifs is 1. The number of likely N-dealkylation sites (tertiary alicyclic amines) is 1. The minimum Gasteiger partial charge on any atom is -0.396 e. The van der Waals surface area contributed by atoms with Crippen LogP contribution in [0.15, 0.2) is 6.20 Å². The highest BCUT2D eigenvalue weighted by Gasteiger charge is 2.38. The van der Waals surface area contributed by atoms with Crippen molar-refractivity contribution in [2.24, 2.45) is 5.92 Å². The highest BCUT2D eigenvalue weighted by Crippen LogP contribution is 2.37. The number of nitrogens with zero attached hydrogens (tertiary/aromatic N) is 3. The number of rotatable bonds is 2. The molecule has 2 aliphatic rings. The summed E-state index contributed by atoms with van der Waals surface area (Å²) in [5.74, 6) is 0.783. The molecule has 0 bridgehead atoms. The summed E-state index contributed by atoms with van der Waals surface area (Å²) < 4.78 is 1.72. The van der Waals surface area contributed by atoms with Crippen LogP contribution in [0.25, 0.3) is 0 Å². The number of aromatic nitrogens is 2. The largest absolute Gasteiger partial charge is 0.396 e. The lowest BCUT2D eigenvalue weighted by molar-refractivity contribution is 0.0537. The molecule has 5 nitrogen and oxygen atoms in total. The molecule has 1 aromatic rings. The van der Waals surface area contributed by atoms with Crippen LogP contribution in [-0.4, -0.2) is 33.2 Å². The Balaban J connectivity index is 1.88. The quantitative estimate of drug-likeness (QED) is 0.885. The van der Waals surface area contributed by atoms with Gasteiger partial charge in [0.15, 0.2) is 0 Å². The van der Waals surface area contributed by atoms with Crippen molar-refractivity contribution < 1.29 is 4.79 Å². The molecule has 2 fully saturated rings. The van der Waals surface area contributed by atoms with Crippen molar-refractivity contribution in [3.05, 3.63) is 11.9 Å². The van der Waals surface area contributed by atoms with Gasteiger partial charge in [0.2, 0.25) is 0 Å². The van der Waals surface area contributed by atoms with E-state index >= 15 is 0 Å². The summed E-state index contributed by atoms with van der Waals surface area (Å²) in [7, 11) is 0. The van der Waals surface area contributed by atoms with E-state index < -0.39 is 0 Å². The zero-order chi connectivity index (χ0) is 13.4. The molecule has 1 saturated heterocycles. The molecule has 0 spiro atoms. The molecule has 1 saturated carbocycles. The van der Waals surface area contributed by atoms with Gasteiger partial charge in [-0.05, 0) is 38.5 Å². The molecule has 2 atom stereocenters. The molecule has 1 aromatic heterocycles. The van der Waals surface area contributed by atoms with Gasteiger partial charge >= 0.3 is 0 Å². The van der Waals surface area contributed by atoms with Crippen molar-refractivity contribution in [1.29, 1.82) is 0 Å². The molecule has 1 amide bonds. The van der Waals surface area contributed by atoms with E-state index in [4.69, 9.17) is 5.73 Å². The number of hydrogen-bond donors (Lipinski definition) is 1. The van der Waals surface area contributed by atoms with Crippen LogP contribution in [0.3, 0.4) is 0 Å². The molecule has 0 radical (unpaired) electrons. The second kappa shape index (κ2) is 4.87. The Morgan fingerprint density at radius 1 is 1.42 bits per heavy atom. The van der Waals surface area contributed by atoms with Crippen LogP contribution in [-0.2, 0) is 6.54 Å². The Kier molecular flexibility index (Phi) is 3.21. The summed E-state index contributed by atoms with van der Waals surface area (Å²) in [6, 6.07) is 0.431. The lowest BCUT2D eigenvalue weighted by atomic mass is 9.91. The van der Waals surface area contributed by atoms with Gasteiger partial charge in [-0.2, -0.15) is 5.10 Å². The van der Waals surface area contributed by atoms with Crippen molar-refractivity contribution in [3.8, 4) is 0 Å². The molecule has 19 heavy (non-hydrogen) atoms. The number of amides is 1. The second-order valence-electron chi connectivity index (χ2n) is 5.66. The molecule has 1 aliphatic heterocycles. The molecule has 2 unspecified atom stereocenters. The van der Waals surface area contributed by atoms with Gasteiger partial charge < -0.3 is 10.6 Å². The fourth-order valence-electron chi connectivity index (χ4n) is 3.72. The van der Waals surface area contributed by atoms with Crippen LogP contribution in [0.1, 0.15) is 49.5 Å². The van der Waals surface area contributed by atoms with Crippen molar-refractivity contribution in [2.75, 3.05) is 12.3 Å². The number of hydrogen-bond acceptors (Lipinski definition) is 3. The molecular formula is C14H22N4O. The molecule has 5 heteroatoms. The van der Waals surface area contributed by atoms with Gasteiger partial charge in [-0.15, -0.1) is 0 Å². The fraction of sp³-hybridized carbons (Fsp3) is 0.714. The summed E-state index contributed by atoms with van der Waals surface area (Å²) in [6.45, 7) is 3.53. The van der Waals surface area contributed by atoms with Crippen LogP contribution in [0.2, 0.25) is 0 Å². The highest BCUT2D eigenvalue weighted by molar-refractivity contribution is 5.97. The Bertz CT molecular complexity index is 482. The van der Waals surface area contributed by atoms with Crippen molar-refractivity contribution in [1.82, 2.24) is 14.7 Å².